The van der Waals surface area contributed by atoms with Crippen LogP contribution in [0.4, 0.5) is 4.39 Å². The third-order valence-electron chi connectivity index (χ3n) is 9.14. The molecule has 4 saturated carbocycles. The highest BCUT2D eigenvalue weighted by molar-refractivity contribution is 5.85. The SMILES string of the molecule is CC1Cc2c([nH]c3ccccc23)C(C2CC(/C=C/C(=O)O)C3CC2C3)N1CC1(F)CCC1. The molecule has 5 heteroatoms. The number of carboxylic acids is 1. The van der Waals surface area contributed by atoms with E-state index in [-0.39, 0.29) is 6.04 Å². The number of aromatic nitrogens is 1. The first-order valence-corrected chi connectivity index (χ1v) is 12.4. The van der Waals surface area contributed by atoms with Crippen LogP contribution in [0.1, 0.15) is 62.7 Å². The minimum atomic E-state index is -1.05. The number of fused-ring (bicyclic) bond motifs is 5. The van der Waals surface area contributed by atoms with Gasteiger partial charge in [-0.2, -0.15) is 0 Å². The van der Waals surface area contributed by atoms with E-state index in [1.165, 1.54) is 41.1 Å². The van der Waals surface area contributed by atoms with Gasteiger partial charge in [0.05, 0.1) is 6.04 Å². The average molecular weight is 437 g/mol. The van der Waals surface area contributed by atoms with Gasteiger partial charge in [-0.15, -0.1) is 0 Å². The van der Waals surface area contributed by atoms with Gasteiger partial charge in [0, 0.05) is 35.3 Å². The van der Waals surface area contributed by atoms with E-state index in [9.17, 15) is 4.79 Å². The normalized spacial score (nSPS) is 35.9. The second kappa shape index (κ2) is 7.44. The second-order valence-corrected chi connectivity index (χ2v) is 11.0. The third kappa shape index (κ3) is 3.23. The Morgan fingerprint density at radius 3 is 2.75 bits per heavy atom. The molecule has 2 bridgehead atoms. The number of halogens is 1. The monoisotopic (exact) mass is 436 g/mol. The van der Waals surface area contributed by atoms with Gasteiger partial charge in [0.25, 0.3) is 0 Å². The maximum atomic E-state index is 15.5. The molecule has 32 heavy (non-hydrogen) atoms. The van der Waals surface area contributed by atoms with E-state index in [1.54, 1.807) is 0 Å². The Hall–Kier alpha value is -2.14. The summed E-state index contributed by atoms with van der Waals surface area (Å²) < 4.78 is 15.5. The van der Waals surface area contributed by atoms with Crippen LogP contribution in [0.5, 0.6) is 0 Å². The summed E-state index contributed by atoms with van der Waals surface area (Å²) in [6.45, 7) is 2.80. The topological polar surface area (TPSA) is 56.3 Å². The Morgan fingerprint density at radius 1 is 1.25 bits per heavy atom. The van der Waals surface area contributed by atoms with Crippen molar-refractivity contribution in [2.24, 2.45) is 23.7 Å². The summed E-state index contributed by atoms with van der Waals surface area (Å²) in [6, 6.07) is 9.03. The number of nitrogens with one attached hydrogen (secondary N) is 1. The molecule has 2 aromatic rings. The van der Waals surface area contributed by atoms with Crippen molar-refractivity contribution in [3.05, 3.63) is 47.7 Å². The molecule has 4 aliphatic carbocycles. The number of H-pyrrole nitrogens is 1. The molecule has 1 aromatic heterocycles. The number of hydrogen-bond donors (Lipinski definition) is 2. The van der Waals surface area contributed by atoms with Crippen molar-refractivity contribution in [1.82, 2.24) is 9.88 Å². The zero-order valence-corrected chi connectivity index (χ0v) is 18.8. The fourth-order valence-electron chi connectivity index (χ4n) is 7.24. The lowest BCUT2D eigenvalue weighted by Gasteiger charge is -2.57. The molecule has 2 heterocycles. The summed E-state index contributed by atoms with van der Waals surface area (Å²) in [5, 5.41) is 10.5. The van der Waals surface area contributed by atoms with E-state index in [2.05, 4.69) is 41.1 Å². The molecular formula is C27H33FN2O2. The first-order chi connectivity index (χ1) is 15.4. The van der Waals surface area contributed by atoms with Crippen LogP contribution in [-0.4, -0.2) is 39.2 Å². The molecule has 4 atom stereocenters. The molecule has 7 rings (SSSR count). The Bertz CT molecular complexity index is 1060. The molecule has 4 unspecified atom stereocenters. The number of aliphatic carboxylic acids is 1. The van der Waals surface area contributed by atoms with Crippen molar-refractivity contribution in [2.75, 3.05) is 6.54 Å². The maximum absolute atomic E-state index is 15.5. The second-order valence-electron chi connectivity index (χ2n) is 11.0. The number of para-hydroxylation sites is 1. The number of nitrogens with zero attached hydrogens (tertiary/aromatic N) is 1. The molecule has 1 aliphatic heterocycles. The molecule has 5 aliphatic rings. The number of aromatic amines is 1. The molecule has 0 radical (unpaired) electrons. The zero-order valence-electron chi connectivity index (χ0n) is 18.8. The van der Waals surface area contributed by atoms with Gasteiger partial charge in [0.1, 0.15) is 5.67 Å². The van der Waals surface area contributed by atoms with Crippen LogP contribution in [0.3, 0.4) is 0 Å². The zero-order chi connectivity index (χ0) is 22.0. The first kappa shape index (κ1) is 20.5. The van der Waals surface area contributed by atoms with Crippen molar-refractivity contribution in [3.8, 4) is 0 Å². The van der Waals surface area contributed by atoms with E-state index in [4.69, 9.17) is 5.11 Å². The predicted molar refractivity (Wildman–Crippen MR) is 123 cm³/mol. The Balaban J connectivity index is 1.41. The van der Waals surface area contributed by atoms with Gasteiger partial charge in [-0.25, -0.2) is 9.18 Å². The van der Waals surface area contributed by atoms with Crippen LogP contribution in [0.25, 0.3) is 10.9 Å². The highest BCUT2D eigenvalue weighted by atomic mass is 19.1. The van der Waals surface area contributed by atoms with Crippen LogP contribution in [0.2, 0.25) is 0 Å². The van der Waals surface area contributed by atoms with Gasteiger partial charge in [0.2, 0.25) is 0 Å². The van der Waals surface area contributed by atoms with Crippen LogP contribution in [-0.2, 0) is 11.2 Å². The van der Waals surface area contributed by atoms with Gasteiger partial charge < -0.3 is 10.1 Å². The number of carbonyl (C=O) groups is 1. The summed E-state index contributed by atoms with van der Waals surface area (Å²) in [5.74, 6) is 1.15. The fourth-order valence-corrected chi connectivity index (χ4v) is 7.24. The van der Waals surface area contributed by atoms with E-state index in [1.807, 2.05) is 6.08 Å². The number of hydrogen-bond acceptors (Lipinski definition) is 2. The summed E-state index contributed by atoms with van der Waals surface area (Å²) in [6.07, 6.45) is 9.93. The number of allylic oxidation sites excluding steroid dienone is 1. The molecule has 0 amide bonds. The highest BCUT2D eigenvalue weighted by Crippen LogP contribution is 2.58. The quantitative estimate of drug-likeness (QED) is 0.596. The van der Waals surface area contributed by atoms with Crippen molar-refractivity contribution < 1.29 is 14.3 Å². The van der Waals surface area contributed by atoms with Crippen molar-refractivity contribution in [2.45, 2.75) is 69.6 Å². The largest absolute Gasteiger partial charge is 0.478 e. The van der Waals surface area contributed by atoms with Crippen molar-refractivity contribution >= 4 is 16.9 Å². The molecular weight excluding hydrogens is 403 g/mol. The van der Waals surface area contributed by atoms with Gasteiger partial charge in [0.15, 0.2) is 0 Å². The highest BCUT2D eigenvalue weighted by Gasteiger charge is 2.53. The minimum absolute atomic E-state index is 0.182. The number of benzene rings is 1. The van der Waals surface area contributed by atoms with E-state index >= 15 is 4.39 Å². The lowest BCUT2D eigenvalue weighted by Crippen LogP contribution is -2.56. The standard InChI is InChI=1S/C27H33FN2O2/c1-16-11-22-20-5-2-3-6-23(20)29-25(22)26(30(16)15-27(28)9-4-10-27)21-14-17(7-8-24(31)32)18-12-19(21)13-18/h2-3,5-8,16-19,21,26,29H,4,9-15H2,1H3,(H,31,32)/b8-7+. The Morgan fingerprint density at radius 2 is 2.03 bits per heavy atom. The van der Waals surface area contributed by atoms with Crippen LogP contribution in [0.15, 0.2) is 36.4 Å². The lowest BCUT2D eigenvalue weighted by molar-refractivity contribution is -0.131. The molecule has 4 nitrogen and oxygen atoms in total. The van der Waals surface area contributed by atoms with E-state index in [0.29, 0.717) is 49.1 Å². The Labute approximate surface area is 188 Å². The van der Waals surface area contributed by atoms with Gasteiger partial charge in [-0.1, -0.05) is 24.3 Å². The summed E-state index contributed by atoms with van der Waals surface area (Å²) in [4.78, 5) is 17.4. The smallest absolute Gasteiger partial charge is 0.327 e. The van der Waals surface area contributed by atoms with Crippen LogP contribution < -0.4 is 0 Å². The number of alkyl halides is 1. The minimum Gasteiger partial charge on any atom is -0.478 e. The fraction of sp³-hybridized carbons (Fsp3) is 0.593. The number of rotatable bonds is 5. The van der Waals surface area contributed by atoms with Crippen molar-refractivity contribution in [1.29, 1.82) is 0 Å². The van der Waals surface area contributed by atoms with Gasteiger partial charge in [-0.05, 0) is 87.2 Å². The summed E-state index contributed by atoms with van der Waals surface area (Å²) in [5.41, 5.74) is 2.84. The first-order valence-electron chi connectivity index (χ1n) is 12.4. The predicted octanol–water partition coefficient (Wildman–Crippen LogP) is 5.65. The molecule has 0 saturated heterocycles. The van der Waals surface area contributed by atoms with Crippen LogP contribution in [0, 0.1) is 23.7 Å². The maximum Gasteiger partial charge on any atom is 0.327 e. The third-order valence-corrected chi connectivity index (χ3v) is 9.14. The van der Waals surface area contributed by atoms with E-state index in [0.717, 1.165) is 19.3 Å². The molecule has 0 spiro atoms. The van der Waals surface area contributed by atoms with Gasteiger partial charge >= 0.3 is 5.97 Å². The summed E-state index contributed by atoms with van der Waals surface area (Å²) in [7, 11) is 0. The average Bonchev–Trinajstić information content (AvgIpc) is 3.08. The molecule has 1 aromatic carbocycles. The number of carboxylic acid groups (broad SMARTS) is 1. The van der Waals surface area contributed by atoms with Gasteiger partial charge in [-0.3, -0.25) is 4.90 Å². The molecule has 170 valence electrons. The van der Waals surface area contributed by atoms with Crippen molar-refractivity contribution in [3.63, 3.8) is 0 Å². The Kier molecular flexibility index (Phi) is 4.76. The summed E-state index contributed by atoms with van der Waals surface area (Å²) >= 11 is 0. The lowest BCUT2D eigenvalue weighted by atomic mass is 9.53. The molecule has 2 N–H and O–H groups in total. The van der Waals surface area contributed by atoms with E-state index < -0.39 is 11.6 Å². The van der Waals surface area contributed by atoms with Crippen LogP contribution >= 0.6 is 0 Å². The molecule has 4 fully saturated rings.